The van der Waals surface area contributed by atoms with E-state index in [1.807, 2.05) is 24.3 Å². The van der Waals surface area contributed by atoms with Crippen molar-refractivity contribution in [1.29, 1.82) is 0 Å². The molecule has 4 unspecified atom stereocenters. The highest BCUT2D eigenvalue weighted by atomic mass is 16.3. The third-order valence-corrected chi connectivity index (χ3v) is 4.74. The molecule has 3 nitrogen and oxygen atoms in total. The van der Waals surface area contributed by atoms with E-state index in [9.17, 15) is 9.90 Å². The SMILES string of the molecule is CC(O)c1ccccc1NC(=O)C1CC2CCC1C2. The van der Waals surface area contributed by atoms with Gasteiger partial charge in [-0.15, -0.1) is 0 Å². The van der Waals surface area contributed by atoms with Crippen LogP contribution in [0.1, 0.15) is 44.3 Å². The zero-order chi connectivity index (χ0) is 13.4. The van der Waals surface area contributed by atoms with E-state index in [4.69, 9.17) is 0 Å². The van der Waals surface area contributed by atoms with E-state index in [0.29, 0.717) is 5.92 Å². The number of para-hydroxylation sites is 1. The minimum absolute atomic E-state index is 0.139. The second-order valence-electron chi connectivity index (χ2n) is 6.03. The van der Waals surface area contributed by atoms with Crippen molar-refractivity contribution in [2.75, 3.05) is 5.32 Å². The Bertz CT molecular complexity index is 483. The van der Waals surface area contributed by atoms with Gasteiger partial charge >= 0.3 is 0 Å². The molecule has 1 amide bonds. The molecular weight excluding hydrogens is 238 g/mol. The van der Waals surface area contributed by atoms with Gasteiger partial charge in [-0.05, 0) is 44.1 Å². The summed E-state index contributed by atoms with van der Waals surface area (Å²) >= 11 is 0. The predicted molar refractivity (Wildman–Crippen MR) is 74.6 cm³/mol. The fraction of sp³-hybridized carbons (Fsp3) is 0.562. The number of rotatable bonds is 3. The number of carbonyl (C=O) groups is 1. The summed E-state index contributed by atoms with van der Waals surface area (Å²) < 4.78 is 0. The zero-order valence-electron chi connectivity index (χ0n) is 11.3. The maximum atomic E-state index is 12.4. The molecule has 19 heavy (non-hydrogen) atoms. The lowest BCUT2D eigenvalue weighted by Crippen LogP contribution is -2.27. The van der Waals surface area contributed by atoms with Crippen molar-refractivity contribution in [2.45, 2.75) is 38.7 Å². The van der Waals surface area contributed by atoms with Crippen LogP contribution in [0.2, 0.25) is 0 Å². The molecule has 0 radical (unpaired) electrons. The minimum Gasteiger partial charge on any atom is -0.389 e. The van der Waals surface area contributed by atoms with Gasteiger partial charge in [0.2, 0.25) is 5.91 Å². The van der Waals surface area contributed by atoms with Crippen molar-refractivity contribution >= 4 is 11.6 Å². The summed E-state index contributed by atoms with van der Waals surface area (Å²) in [7, 11) is 0. The van der Waals surface area contributed by atoms with E-state index in [2.05, 4.69) is 5.32 Å². The summed E-state index contributed by atoms with van der Waals surface area (Å²) in [5, 5.41) is 12.8. The van der Waals surface area contributed by atoms with Gasteiger partial charge in [0, 0.05) is 17.2 Å². The van der Waals surface area contributed by atoms with E-state index < -0.39 is 6.10 Å². The second-order valence-corrected chi connectivity index (χ2v) is 6.03. The molecule has 0 heterocycles. The lowest BCUT2D eigenvalue weighted by molar-refractivity contribution is -0.121. The number of anilines is 1. The molecule has 0 aliphatic heterocycles. The van der Waals surface area contributed by atoms with Crippen molar-refractivity contribution in [3.05, 3.63) is 29.8 Å². The van der Waals surface area contributed by atoms with Crippen LogP contribution in [0.15, 0.2) is 24.3 Å². The Hall–Kier alpha value is -1.35. The van der Waals surface area contributed by atoms with Crippen LogP contribution in [-0.4, -0.2) is 11.0 Å². The molecule has 3 heteroatoms. The molecule has 0 saturated heterocycles. The van der Waals surface area contributed by atoms with Crippen LogP contribution in [0.3, 0.4) is 0 Å². The Labute approximate surface area is 114 Å². The smallest absolute Gasteiger partial charge is 0.227 e. The molecule has 2 fully saturated rings. The van der Waals surface area contributed by atoms with Crippen LogP contribution < -0.4 is 5.32 Å². The van der Waals surface area contributed by atoms with Crippen molar-refractivity contribution < 1.29 is 9.90 Å². The van der Waals surface area contributed by atoms with E-state index in [0.717, 1.165) is 23.6 Å². The number of carbonyl (C=O) groups excluding carboxylic acids is 1. The van der Waals surface area contributed by atoms with Gasteiger partial charge in [-0.3, -0.25) is 4.79 Å². The van der Waals surface area contributed by atoms with Gasteiger partial charge in [0.05, 0.1) is 6.10 Å². The van der Waals surface area contributed by atoms with E-state index in [1.54, 1.807) is 6.92 Å². The van der Waals surface area contributed by atoms with Gasteiger partial charge in [-0.25, -0.2) is 0 Å². The monoisotopic (exact) mass is 259 g/mol. The van der Waals surface area contributed by atoms with Gasteiger partial charge in [-0.1, -0.05) is 24.6 Å². The summed E-state index contributed by atoms with van der Waals surface area (Å²) in [6.45, 7) is 1.72. The Balaban J connectivity index is 1.73. The van der Waals surface area contributed by atoms with Crippen molar-refractivity contribution in [3.63, 3.8) is 0 Å². The van der Waals surface area contributed by atoms with E-state index in [1.165, 1.54) is 19.3 Å². The first-order chi connectivity index (χ1) is 9.15. The summed E-state index contributed by atoms with van der Waals surface area (Å²) in [5.41, 5.74) is 1.55. The van der Waals surface area contributed by atoms with E-state index >= 15 is 0 Å². The molecular formula is C16H21NO2. The normalized spacial score (nSPS) is 30.3. The van der Waals surface area contributed by atoms with Crippen LogP contribution in [0.4, 0.5) is 5.69 Å². The number of nitrogens with one attached hydrogen (secondary N) is 1. The quantitative estimate of drug-likeness (QED) is 0.876. The highest BCUT2D eigenvalue weighted by Crippen LogP contribution is 2.48. The lowest BCUT2D eigenvalue weighted by Gasteiger charge is -2.22. The number of aliphatic hydroxyl groups excluding tert-OH is 1. The number of hydrogen-bond acceptors (Lipinski definition) is 2. The van der Waals surface area contributed by atoms with Crippen LogP contribution in [0, 0.1) is 17.8 Å². The van der Waals surface area contributed by atoms with Crippen molar-refractivity contribution in [2.24, 2.45) is 17.8 Å². The molecule has 2 saturated carbocycles. The molecule has 0 spiro atoms. The van der Waals surface area contributed by atoms with E-state index in [-0.39, 0.29) is 11.8 Å². The number of aliphatic hydroxyl groups is 1. The number of amides is 1. The number of benzene rings is 1. The first kappa shape index (κ1) is 12.7. The summed E-state index contributed by atoms with van der Waals surface area (Å²) in [4.78, 5) is 12.4. The average molecular weight is 259 g/mol. The van der Waals surface area contributed by atoms with Crippen molar-refractivity contribution in [1.82, 2.24) is 0 Å². The van der Waals surface area contributed by atoms with Gasteiger partial charge < -0.3 is 10.4 Å². The summed E-state index contributed by atoms with van der Waals surface area (Å²) in [6, 6.07) is 7.51. The largest absolute Gasteiger partial charge is 0.389 e. The fourth-order valence-corrected chi connectivity index (χ4v) is 3.77. The Morgan fingerprint density at radius 1 is 1.32 bits per heavy atom. The molecule has 4 atom stereocenters. The minimum atomic E-state index is -0.559. The molecule has 2 bridgehead atoms. The fourth-order valence-electron chi connectivity index (χ4n) is 3.77. The Morgan fingerprint density at radius 3 is 2.74 bits per heavy atom. The molecule has 102 valence electrons. The number of hydrogen-bond donors (Lipinski definition) is 2. The zero-order valence-corrected chi connectivity index (χ0v) is 11.3. The summed E-state index contributed by atoms with van der Waals surface area (Å²) in [5.74, 6) is 1.68. The summed E-state index contributed by atoms with van der Waals surface area (Å²) in [6.07, 6.45) is 4.24. The Morgan fingerprint density at radius 2 is 2.11 bits per heavy atom. The molecule has 2 aliphatic rings. The lowest BCUT2D eigenvalue weighted by atomic mass is 9.88. The Kier molecular flexibility index (Phi) is 3.31. The van der Waals surface area contributed by atoms with Gasteiger partial charge in [0.1, 0.15) is 0 Å². The van der Waals surface area contributed by atoms with Gasteiger partial charge in [0.15, 0.2) is 0 Å². The van der Waals surface area contributed by atoms with Crippen LogP contribution in [0.5, 0.6) is 0 Å². The molecule has 0 aromatic heterocycles. The van der Waals surface area contributed by atoms with Crippen LogP contribution >= 0.6 is 0 Å². The van der Waals surface area contributed by atoms with Gasteiger partial charge in [0.25, 0.3) is 0 Å². The maximum absolute atomic E-state index is 12.4. The maximum Gasteiger partial charge on any atom is 0.227 e. The topological polar surface area (TPSA) is 49.3 Å². The molecule has 2 N–H and O–H groups in total. The average Bonchev–Trinajstić information content (AvgIpc) is 3.01. The predicted octanol–water partition coefficient (Wildman–Crippen LogP) is 3.11. The third kappa shape index (κ3) is 2.39. The molecule has 1 aromatic carbocycles. The van der Waals surface area contributed by atoms with Crippen molar-refractivity contribution in [3.8, 4) is 0 Å². The highest BCUT2D eigenvalue weighted by Gasteiger charge is 2.43. The van der Waals surface area contributed by atoms with Crippen LogP contribution in [-0.2, 0) is 4.79 Å². The third-order valence-electron chi connectivity index (χ3n) is 4.74. The highest BCUT2D eigenvalue weighted by molar-refractivity contribution is 5.93. The second kappa shape index (κ2) is 4.97. The van der Waals surface area contributed by atoms with Gasteiger partial charge in [-0.2, -0.15) is 0 Å². The first-order valence-electron chi connectivity index (χ1n) is 7.23. The number of fused-ring (bicyclic) bond motifs is 2. The van der Waals surface area contributed by atoms with Crippen LogP contribution in [0.25, 0.3) is 0 Å². The molecule has 3 rings (SSSR count). The molecule has 1 aromatic rings. The first-order valence-corrected chi connectivity index (χ1v) is 7.23. The standard InChI is InChI=1S/C16H21NO2/c1-10(18)13-4-2-3-5-15(13)17-16(19)14-9-11-6-7-12(14)8-11/h2-5,10-12,14,18H,6-9H2,1H3,(H,17,19). The molecule has 2 aliphatic carbocycles.